The maximum absolute atomic E-state index is 11.3. The summed E-state index contributed by atoms with van der Waals surface area (Å²) in [5.74, 6) is 0.706. The molecule has 24 heavy (non-hydrogen) atoms. The van der Waals surface area contributed by atoms with Crippen molar-refractivity contribution in [2.24, 2.45) is 5.14 Å². The lowest BCUT2D eigenvalue weighted by Gasteiger charge is -2.08. The van der Waals surface area contributed by atoms with E-state index in [0.717, 1.165) is 11.0 Å². The largest absolute Gasteiger partial charge is 0.379 e. The molecule has 0 saturated heterocycles. The third kappa shape index (κ3) is 4.95. The van der Waals surface area contributed by atoms with Gasteiger partial charge in [0.15, 0.2) is 0 Å². The van der Waals surface area contributed by atoms with Gasteiger partial charge in [0.1, 0.15) is 5.69 Å². The maximum Gasteiger partial charge on any atom is 0.293 e. The number of nitro benzene ring substituents is 1. The minimum atomic E-state index is -3.98. The normalized spacial score (nSPS) is 11.2. The number of rotatable bonds is 7. The zero-order valence-corrected chi connectivity index (χ0v) is 14.6. The Bertz CT molecular complexity index is 836. The Morgan fingerprint density at radius 3 is 2.46 bits per heavy atom. The summed E-state index contributed by atoms with van der Waals surface area (Å²) in [4.78, 5) is 11.3. The summed E-state index contributed by atoms with van der Waals surface area (Å²) in [6.07, 6.45) is 0. The number of anilines is 1. The van der Waals surface area contributed by atoms with E-state index in [1.807, 2.05) is 31.2 Å². The number of hydrogen-bond donors (Lipinski definition) is 2. The molecule has 7 nitrogen and oxygen atoms in total. The number of nitrogens with one attached hydrogen (secondary N) is 1. The second-order valence-electron chi connectivity index (χ2n) is 5.07. The Kier molecular flexibility index (Phi) is 5.81. The summed E-state index contributed by atoms with van der Waals surface area (Å²) in [5, 5.41) is 19.1. The molecule has 2 aromatic carbocycles. The van der Waals surface area contributed by atoms with Gasteiger partial charge in [0.25, 0.3) is 5.69 Å². The molecule has 0 radical (unpaired) electrons. The zero-order valence-electron chi connectivity index (χ0n) is 12.9. The first-order valence-electron chi connectivity index (χ1n) is 7.02. The first-order valence-corrected chi connectivity index (χ1v) is 9.55. The van der Waals surface area contributed by atoms with Gasteiger partial charge >= 0.3 is 0 Å². The Labute approximate surface area is 144 Å². The number of nitrogens with zero attached hydrogens (tertiary/aromatic N) is 1. The van der Waals surface area contributed by atoms with Crippen molar-refractivity contribution in [3.8, 4) is 0 Å². The number of aryl methyl sites for hydroxylation is 1. The van der Waals surface area contributed by atoms with Crippen LogP contribution in [0.1, 0.15) is 5.56 Å². The van der Waals surface area contributed by atoms with Crippen LogP contribution in [0.2, 0.25) is 0 Å². The van der Waals surface area contributed by atoms with Crippen molar-refractivity contribution in [2.45, 2.75) is 16.7 Å². The van der Waals surface area contributed by atoms with Gasteiger partial charge in [0.2, 0.25) is 10.0 Å². The molecule has 0 aromatic heterocycles. The highest BCUT2D eigenvalue weighted by Crippen LogP contribution is 2.27. The minimum absolute atomic E-state index is 0.261. The summed E-state index contributed by atoms with van der Waals surface area (Å²) < 4.78 is 22.6. The highest BCUT2D eigenvalue weighted by molar-refractivity contribution is 7.99. The van der Waals surface area contributed by atoms with Crippen LogP contribution in [0.5, 0.6) is 0 Å². The van der Waals surface area contributed by atoms with Crippen molar-refractivity contribution < 1.29 is 13.3 Å². The van der Waals surface area contributed by atoms with E-state index in [1.165, 1.54) is 17.7 Å². The van der Waals surface area contributed by atoms with Gasteiger partial charge in [0, 0.05) is 23.3 Å². The summed E-state index contributed by atoms with van der Waals surface area (Å²) in [6, 6.07) is 11.6. The highest BCUT2D eigenvalue weighted by atomic mass is 32.2. The lowest BCUT2D eigenvalue weighted by Crippen LogP contribution is -2.13. The molecule has 0 saturated carbocycles. The molecule has 0 aliphatic heterocycles. The molecule has 3 N–H and O–H groups in total. The summed E-state index contributed by atoms with van der Waals surface area (Å²) >= 11 is 1.62. The van der Waals surface area contributed by atoms with Gasteiger partial charge in [0.05, 0.1) is 9.82 Å². The lowest BCUT2D eigenvalue weighted by molar-refractivity contribution is -0.384. The Balaban J connectivity index is 2.01. The van der Waals surface area contributed by atoms with Gasteiger partial charge in [-0.05, 0) is 31.2 Å². The van der Waals surface area contributed by atoms with E-state index in [9.17, 15) is 18.5 Å². The number of nitrogens with two attached hydrogens (primary N) is 1. The van der Waals surface area contributed by atoms with Crippen molar-refractivity contribution in [2.75, 3.05) is 17.6 Å². The molecule has 0 unspecified atom stereocenters. The van der Waals surface area contributed by atoms with E-state index in [0.29, 0.717) is 12.3 Å². The predicted octanol–water partition coefficient (Wildman–Crippen LogP) is 2.75. The van der Waals surface area contributed by atoms with Crippen molar-refractivity contribution in [3.63, 3.8) is 0 Å². The minimum Gasteiger partial charge on any atom is -0.379 e. The predicted molar refractivity (Wildman–Crippen MR) is 94.9 cm³/mol. The average molecular weight is 367 g/mol. The molecule has 0 fully saturated rings. The van der Waals surface area contributed by atoms with E-state index in [1.54, 1.807) is 11.8 Å². The van der Waals surface area contributed by atoms with Crippen molar-refractivity contribution >= 4 is 33.2 Å². The highest BCUT2D eigenvalue weighted by Gasteiger charge is 2.18. The van der Waals surface area contributed by atoms with Crippen LogP contribution in [0.3, 0.4) is 0 Å². The van der Waals surface area contributed by atoms with Crippen LogP contribution < -0.4 is 10.5 Å². The van der Waals surface area contributed by atoms with Gasteiger partial charge in [-0.1, -0.05) is 17.7 Å². The standard InChI is InChI=1S/C15H17N3O4S2/c1-11-2-4-12(5-3-11)23-9-8-17-14-7-6-13(24(16,21)22)10-15(14)18(19)20/h2-7,10,17H,8-9H2,1H3,(H2,16,21,22). The van der Waals surface area contributed by atoms with Gasteiger partial charge in [-0.15, -0.1) is 11.8 Å². The molecule has 0 aliphatic carbocycles. The number of hydrogen-bond acceptors (Lipinski definition) is 6. The number of primary sulfonamides is 1. The smallest absolute Gasteiger partial charge is 0.293 e. The number of benzene rings is 2. The number of nitro groups is 1. The third-order valence-corrected chi connectivity index (χ3v) is 5.13. The fraction of sp³-hybridized carbons (Fsp3) is 0.200. The molecule has 0 atom stereocenters. The molecule has 0 spiro atoms. The monoisotopic (exact) mass is 367 g/mol. The fourth-order valence-corrected chi connectivity index (χ4v) is 3.28. The SMILES string of the molecule is Cc1ccc(SCCNc2ccc(S(N)(=O)=O)cc2[N+](=O)[O-])cc1. The van der Waals surface area contributed by atoms with Crippen molar-refractivity contribution in [3.05, 3.63) is 58.1 Å². The molecule has 0 bridgehead atoms. The second kappa shape index (κ2) is 7.65. The molecular weight excluding hydrogens is 350 g/mol. The quantitative estimate of drug-likeness (QED) is 0.336. The number of thioether (sulfide) groups is 1. The third-order valence-electron chi connectivity index (χ3n) is 3.20. The summed E-state index contributed by atoms with van der Waals surface area (Å²) in [6.45, 7) is 2.51. The zero-order chi connectivity index (χ0) is 17.7. The first-order chi connectivity index (χ1) is 11.3. The van der Waals surface area contributed by atoms with Crippen LogP contribution in [0.4, 0.5) is 11.4 Å². The fourth-order valence-electron chi connectivity index (χ4n) is 1.98. The first kappa shape index (κ1) is 18.2. The van der Waals surface area contributed by atoms with Crippen molar-refractivity contribution in [1.82, 2.24) is 0 Å². The lowest BCUT2D eigenvalue weighted by atomic mass is 10.2. The molecule has 128 valence electrons. The van der Waals surface area contributed by atoms with Crippen LogP contribution >= 0.6 is 11.8 Å². The second-order valence-corrected chi connectivity index (χ2v) is 7.80. The van der Waals surface area contributed by atoms with E-state index in [2.05, 4.69) is 5.32 Å². The van der Waals surface area contributed by atoms with Crippen LogP contribution in [-0.4, -0.2) is 25.6 Å². The molecule has 0 aliphatic rings. The van der Waals surface area contributed by atoms with Gasteiger partial charge in [-0.25, -0.2) is 13.6 Å². The maximum atomic E-state index is 11.3. The topological polar surface area (TPSA) is 115 Å². The van der Waals surface area contributed by atoms with Gasteiger partial charge in [-0.3, -0.25) is 10.1 Å². The van der Waals surface area contributed by atoms with E-state index in [-0.39, 0.29) is 16.3 Å². The Morgan fingerprint density at radius 1 is 1.21 bits per heavy atom. The van der Waals surface area contributed by atoms with E-state index >= 15 is 0 Å². The molecule has 0 heterocycles. The van der Waals surface area contributed by atoms with Crippen LogP contribution in [0.15, 0.2) is 52.3 Å². The average Bonchev–Trinajstić information content (AvgIpc) is 2.52. The molecule has 2 rings (SSSR count). The summed E-state index contributed by atoms with van der Waals surface area (Å²) in [7, 11) is -3.98. The molecule has 0 amide bonds. The van der Waals surface area contributed by atoms with E-state index in [4.69, 9.17) is 5.14 Å². The van der Waals surface area contributed by atoms with Crippen LogP contribution in [0, 0.1) is 17.0 Å². The van der Waals surface area contributed by atoms with Gasteiger partial charge < -0.3 is 5.32 Å². The molecule has 2 aromatic rings. The van der Waals surface area contributed by atoms with E-state index < -0.39 is 14.9 Å². The summed E-state index contributed by atoms with van der Waals surface area (Å²) in [5.41, 5.74) is 1.13. The molecular formula is C15H17N3O4S2. The molecule has 9 heteroatoms. The van der Waals surface area contributed by atoms with Crippen molar-refractivity contribution in [1.29, 1.82) is 0 Å². The van der Waals surface area contributed by atoms with Gasteiger partial charge in [-0.2, -0.15) is 0 Å². The van der Waals surface area contributed by atoms with Crippen LogP contribution in [0.25, 0.3) is 0 Å². The Hall–Kier alpha value is -2.10. The number of sulfonamides is 1. The van der Waals surface area contributed by atoms with Crippen LogP contribution in [-0.2, 0) is 10.0 Å². The Morgan fingerprint density at radius 2 is 1.88 bits per heavy atom.